The van der Waals surface area contributed by atoms with Crippen LogP contribution >= 0.6 is 0 Å². The number of halogens is 4. The maximum atomic E-state index is 14.5. The van der Waals surface area contributed by atoms with Gasteiger partial charge in [-0.3, -0.25) is 9.69 Å². The lowest BCUT2D eigenvalue weighted by atomic mass is 9.67. The Hall–Kier alpha value is -2.32. The van der Waals surface area contributed by atoms with Crippen LogP contribution in [0.1, 0.15) is 26.3 Å². The van der Waals surface area contributed by atoms with Crippen molar-refractivity contribution in [1.82, 2.24) is 4.90 Å². The van der Waals surface area contributed by atoms with Crippen molar-refractivity contribution >= 4 is 17.6 Å². The molecule has 138 valence electrons. The number of guanidine groups is 1. The number of nitrogens with zero attached hydrogens (tertiary/aromatic N) is 2. The number of aliphatic imine (C=N–C) groups is 1. The van der Waals surface area contributed by atoms with Gasteiger partial charge in [0.1, 0.15) is 17.9 Å². The van der Waals surface area contributed by atoms with Crippen molar-refractivity contribution in [2.45, 2.75) is 32.5 Å². The zero-order valence-corrected chi connectivity index (χ0v) is 14.3. The Balaban J connectivity index is 2.54. The maximum absolute atomic E-state index is 14.5. The predicted molar refractivity (Wildman–Crippen MR) is 86.5 cm³/mol. The summed E-state index contributed by atoms with van der Waals surface area (Å²) in [6.45, 7) is 3.47. The molecule has 25 heavy (non-hydrogen) atoms. The number of amides is 1. The second-order valence-electron chi connectivity index (χ2n) is 6.69. The van der Waals surface area contributed by atoms with Gasteiger partial charge < -0.3 is 11.1 Å². The number of nitrogens with two attached hydrogens (primary N) is 1. The molecule has 1 aromatic rings. The van der Waals surface area contributed by atoms with Gasteiger partial charge in [0.2, 0.25) is 5.91 Å². The molecule has 1 aliphatic heterocycles. The maximum Gasteiger partial charge on any atom is 0.405 e. The summed E-state index contributed by atoms with van der Waals surface area (Å²) in [6, 6.07) is 3.48. The summed E-state index contributed by atoms with van der Waals surface area (Å²) < 4.78 is 51.7. The van der Waals surface area contributed by atoms with Gasteiger partial charge >= 0.3 is 6.18 Å². The third-order valence-electron chi connectivity index (χ3n) is 4.72. The minimum Gasteiger partial charge on any atom is -0.376 e. The Bertz CT molecular complexity index is 729. The summed E-state index contributed by atoms with van der Waals surface area (Å²) in [4.78, 5) is 18.0. The number of hydrogen-bond acceptors (Lipinski definition) is 4. The summed E-state index contributed by atoms with van der Waals surface area (Å²) in [5, 5.41) is 2.20. The van der Waals surface area contributed by atoms with E-state index in [2.05, 4.69) is 10.3 Å². The zero-order chi connectivity index (χ0) is 19.2. The summed E-state index contributed by atoms with van der Waals surface area (Å²) in [7, 11) is 1.46. The molecule has 1 amide bonds. The number of alkyl halides is 3. The van der Waals surface area contributed by atoms with Gasteiger partial charge in [0.25, 0.3) is 0 Å². The number of carbonyl (C=O) groups is 1. The number of nitrogens with one attached hydrogen (secondary N) is 1. The van der Waals surface area contributed by atoms with E-state index in [0.29, 0.717) is 0 Å². The topological polar surface area (TPSA) is 70.7 Å². The first kappa shape index (κ1) is 19.0. The highest BCUT2D eigenvalue weighted by atomic mass is 19.4. The van der Waals surface area contributed by atoms with Crippen LogP contribution in [0.2, 0.25) is 0 Å². The van der Waals surface area contributed by atoms with E-state index < -0.39 is 29.5 Å². The third kappa shape index (κ3) is 3.27. The van der Waals surface area contributed by atoms with E-state index in [1.165, 1.54) is 31.0 Å². The average molecular weight is 360 g/mol. The van der Waals surface area contributed by atoms with Crippen LogP contribution in [0.25, 0.3) is 0 Å². The fourth-order valence-electron chi connectivity index (χ4n) is 2.78. The zero-order valence-electron chi connectivity index (χ0n) is 14.3. The van der Waals surface area contributed by atoms with E-state index >= 15 is 0 Å². The van der Waals surface area contributed by atoms with Crippen molar-refractivity contribution in [2.75, 3.05) is 18.9 Å². The Morgan fingerprint density at radius 3 is 2.44 bits per heavy atom. The number of rotatable bonds is 3. The lowest BCUT2D eigenvalue weighted by molar-refractivity contribution is -0.140. The average Bonchev–Trinajstić information content (AvgIpc) is 2.50. The van der Waals surface area contributed by atoms with E-state index in [9.17, 15) is 22.4 Å². The van der Waals surface area contributed by atoms with Crippen molar-refractivity contribution in [3.63, 3.8) is 0 Å². The molecule has 0 saturated heterocycles. The summed E-state index contributed by atoms with van der Waals surface area (Å²) in [5.74, 6) is -1.13. The van der Waals surface area contributed by atoms with Crippen molar-refractivity contribution in [3.8, 4) is 0 Å². The van der Waals surface area contributed by atoms with Gasteiger partial charge in [-0.05, 0) is 39.0 Å². The predicted octanol–water partition coefficient (Wildman–Crippen LogP) is 2.83. The fourth-order valence-corrected chi connectivity index (χ4v) is 2.78. The van der Waals surface area contributed by atoms with Crippen LogP contribution < -0.4 is 11.1 Å². The molecule has 9 heteroatoms. The van der Waals surface area contributed by atoms with Crippen molar-refractivity contribution in [2.24, 2.45) is 16.1 Å². The van der Waals surface area contributed by atoms with E-state index in [0.717, 1.165) is 6.07 Å². The van der Waals surface area contributed by atoms with Gasteiger partial charge in [0.15, 0.2) is 5.96 Å². The molecule has 1 aromatic carbocycles. The SMILES string of the molecule is CN1C(=O)C(C)(C)C(C)(c2cc(NCC(F)(F)F)ccc2F)N=C1N. The minimum absolute atomic E-state index is 0.00549. The molecule has 0 aliphatic carbocycles. The Morgan fingerprint density at radius 1 is 1.28 bits per heavy atom. The first-order valence-electron chi connectivity index (χ1n) is 7.54. The van der Waals surface area contributed by atoms with Crippen LogP contribution in [0.15, 0.2) is 23.2 Å². The summed E-state index contributed by atoms with van der Waals surface area (Å²) >= 11 is 0. The van der Waals surface area contributed by atoms with E-state index in [1.807, 2.05) is 0 Å². The van der Waals surface area contributed by atoms with Crippen LogP contribution in [0.5, 0.6) is 0 Å². The number of carbonyl (C=O) groups excluding carboxylic acids is 1. The van der Waals surface area contributed by atoms with Gasteiger partial charge in [-0.1, -0.05) is 0 Å². The molecular weight excluding hydrogens is 340 g/mol. The summed E-state index contributed by atoms with van der Waals surface area (Å²) in [5.41, 5.74) is 3.31. The molecule has 3 N–H and O–H groups in total. The largest absolute Gasteiger partial charge is 0.405 e. The molecule has 1 heterocycles. The van der Waals surface area contributed by atoms with E-state index in [1.54, 1.807) is 13.8 Å². The number of hydrogen-bond donors (Lipinski definition) is 2. The van der Waals surface area contributed by atoms with Crippen molar-refractivity contribution in [1.29, 1.82) is 0 Å². The molecule has 0 saturated carbocycles. The molecule has 0 aromatic heterocycles. The molecule has 0 radical (unpaired) electrons. The van der Waals surface area contributed by atoms with Crippen molar-refractivity contribution in [3.05, 3.63) is 29.6 Å². The smallest absolute Gasteiger partial charge is 0.376 e. The minimum atomic E-state index is -4.41. The molecule has 0 fully saturated rings. The number of anilines is 1. The van der Waals surface area contributed by atoms with Gasteiger partial charge in [0.05, 0.1) is 5.41 Å². The summed E-state index contributed by atoms with van der Waals surface area (Å²) in [6.07, 6.45) is -4.41. The Labute approximate surface area is 142 Å². The van der Waals surface area contributed by atoms with Gasteiger partial charge in [-0.15, -0.1) is 0 Å². The van der Waals surface area contributed by atoms with E-state index in [-0.39, 0.29) is 23.1 Å². The third-order valence-corrected chi connectivity index (χ3v) is 4.72. The molecule has 5 nitrogen and oxygen atoms in total. The van der Waals surface area contributed by atoms with Gasteiger partial charge in [-0.25, -0.2) is 9.38 Å². The first-order valence-corrected chi connectivity index (χ1v) is 7.54. The second-order valence-corrected chi connectivity index (χ2v) is 6.69. The lowest BCUT2D eigenvalue weighted by Crippen LogP contribution is -2.58. The highest BCUT2D eigenvalue weighted by molar-refractivity contribution is 6.01. The highest BCUT2D eigenvalue weighted by Crippen LogP contribution is 2.47. The monoisotopic (exact) mass is 360 g/mol. The molecule has 2 rings (SSSR count). The quantitative estimate of drug-likeness (QED) is 0.815. The number of benzene rings is 1. The lowest BCUT2D eigenvalue weighted by Gasteiger charge is -2.46. The van der Waals surface area contributed by atoms with E-state index in [4.69, 9.17) is 5.73 Å². The highest BCUT2D eigenvalue weighted by Gasteiger charge is 2.53. The molecule has 0 spiro atoms. The molecule has 1 aliphatic rings. The second kappa shape index (κ2) is 5.89. The molecule has 0 bridgehead atoms. The van der Waals surface area contributed by atoms with Crippen LogP contribution in [0.4, 0.5) is 23.2 Å². The van der Waals surface area contributed by atoms with Crippen LogP contribution in [0, 0.1) is 11.2 Å². The Kier molecular flexibility index (Phi) is 4.48. The van der Waals surface area contributed by atoms with Gasteiger partial charge in [0, 0.05) is 18.3 Å². The normalized spacial score (nSPS) is 23.4. The van der Waals surface area contributed by atoms with Crippen LogP contribution in [-0.2, 0) is 10.3 Å². The Morgan fingerprint density at radius 2 is 1.88 bits per heavy atom. The van der Waals surface area contributed by atoms with Gasteiger partial charge in [-0.2, -0.15) is 13.2 Å². The first-order chi connectivity index (χ1) is 11.3. The van der Waals surface area contributed by atoms with Crippen LogP contribution in [-0.4, -0.2) is 36.5 Å². The molecule has 1 unspecified atom stereocenters. The van der Waals surface area contributed by atoms with Crippen LogP contribution in [0.3, 0.4) is 0 Å². The standard InChI is InChI=1S/C16H20F4N4O/c1-14(2)12(25)24(4)13(21)23-15(14,3)10-7-9(5-6-11(10)17)22-8-16(18,19)20/h5-7,22H,8H2,1-4H3,(H2,21,23). The fraction of sp³-hybridized carbons (Fsp3) is 0.500. The van der Waals surface area contributed by atoms with Crippen molar-refractivity contribution < 1.29 is 22.4 Å². The molecule has 1 atom stereocenters. The molecular formula is C16H20F4N4O.